The summed E-state index contributed by atoms with van der Waals surface area (Å²) in [7, 11) is 2.29. The lowest BCUT2D eigenvalue weighted by atomic mass is 9.76. The molecular weight excluding hydrogens is 232 g/mol. The Morgan fingerprint density at radius 2 is 1.89 bits per heavy atom. The molecule has 114 valence electrons. The standard InChI is InChI=1S/C17H36N2/c1-6-7-13-19(5)17(14-18)11-8-9-15(10-12-17)16(2,3)4/h15H,6-14,18H2,1-5H3. The van der Waals surface area contributed by atoms with Gasteiger partial charge in [0, 0.05) is 12.1 Å². The average molecular weight is 268 g/mol. The van der Waals surface area contributed by atoms with Gasteiger partial charge in [-0.15, -0.1) is 0 Å². The van der Waals surface area contributed by atoms with E-state index in [1.165, 1.54) is 51.5 Å². The minimum atomic E-state index is 0.273. The Hall–Kier alpha value is -0.0800. The van der Waals surface area contributed by atoms with Crippen LogP contribution in [0.3, 0.4) is 0 Å². The van der Waals surface area contributed by atoms with Gasteiger partial charge in [-0.05, 0) is 57.0 Å². The summed E-state index contributed by atoms with van der Waals surface area (Å²) in [6, 6.07) is 0. The molecule has 0 bridgehead atoms. The van der Waals surface area contributed by atoms with Crippen molar-refractivity contribution in [2.24, 2.45) is 17.1 Å². The fraction of sp³-hybridized carbons (Fsp3) is 1.00. The summed E-state index contributed by atoms with van der Waals surface area (Å²) in [5, 5.41) is 0. The Balaban J connectivity index is 2.69. The second-order valence-corrected chi connectivity index (χ2v) is 7.70. The molecule has 2 heteroatoms. The Bertz CT molecular complexity index is 256. The van der Waals surface area contributed by atoms with E-state index in [-0.39, 0.29) is 5.54 Å². The minimum absolute atomic E-state index is 0.273. The second kappa shape index (κ2) is 7.08. The first-order chi connectivity index (χ1) is 8.85. The molecule has 0 aromatic carbocycles. The molecule has 0 amide bonds. The maximum Gasteiger partial charge on any atom is 0.0328 e. The summed E-state index contributed by atoms with van der Waals surface area (Å²) in [6.07, 6.45) is 9.21. The Morgan fingerprint density at radius 1 is 1.21 bits per heavy atom. The van der Waals surface area contributed by atoms with Gasteiger partial charge in [-0.1, -0.05) is 40.5 Å². The van der Waals surface area contributed by atoms with Gasteiger partial charge in [0.15, 0.2) is 0 Å². The first-order valence-corrected chi connectivity index (χ1v) is 8.27. The number of hydrogen-bond acceptors (Lipinski definition) is 2. The molecule has 19 heavy (non-hydrogen) atoms. The van der Waals surface area contributed by atoms with Crippen LogP contribution in [0.4, 0.5) is 0 Å². The molecule has 1 fully saturated rings. The summed E-state index contributed by atoms with van der Waals surface area (Å²) >= 11 is 0. The number of rotatable bonds is 5. The van der Waals surface area contributed by atoms with Crippen LogP contribution in [-0.4, -0.2) is 30.6 Å². The third kappa shape index (κ3) is 4.46. The zero-order valence-corrected chi connectivity index (χ0v) is 14.0. The van der Waals surface area contributed by atoms with Crippen molar-refractivity contribution in [2.45, 2.75) is 78.2 Å². The van der Waals surface area contributed by atoms with E-state index in [1.54, 1.807) is 0 Å². The second-order valence-electron chi connectivity index (χ2n) is 7.70. The van der Waals surface area contributed by atoms with Crippen molar-refractivity contribution in [2.75, 3.05) is 20.1 Å². The van der Waals surface area contributed by atoms with E-state index in [0.717, 1.165) is 12.5 Å². The van der Waals surface area contributed by atoms with Gasteiger partial charge in [0.1, 0.15) is 0 Å². The lowest BCUT2D eigenvalue weighted by Crippen LogP contribution is -2.52. The van der Waals surface area contributed by atoms with Gasteiger partial charge in [-0.2, -0.15) is 0 Å². The van der Waals surface area contributed by atoms with Gasteiger partial charge in [-0.3, -0.25) is 4.90 Å². The molecule has 0 saturated heterocycles. The molecule has 0 radical (unpaired) electrons. The molecule has 2 unspecified atom stereocenters. The zero-order chi connectivity index (χ0) is 14.5. The number of nitrogens with two attached hydrogens (primary N) is 1. The highest BCUT2D eigenvalue weighted by molar-refractivity contribution is 4.94. The predicted octanol–water partition coefficient (Wildman–Crippen LogP) is 4.04. The number of hydrogen-bond donors (Lipinski definition) is 1. The van der Waals surface area contributed by atoms with Crippen LogP contribution in [-0.2, 0) is 0 Å². The third-order valence-electron chi connectivity index (χ3n) is 5.41. The van der Waals surface area contributed by atoms with Crippen molar-refractivity contribution in [1.29, 1.82) is 0 Å². The highest BCUT2D eigenvalue weighted by Crippen LogP contribution is 2.41. The van der Waals surface area contributed by atoms with Crippen LogP contribution in [0, 0.1) is 11.3 Å². The normalized spacial score (nSPS) is 29.5. The van der Waals surface area contributed by atoms with Crippen LogP contribution in [0.25, 0.3) is 0 Å². The quantitative estimate of drug-likeness (QED) is 0.762. The molecule has 1 aliphatic carbocycles. The minimum Gasteiger partial charge on any atom is -0.329 e. The van der Waals surface area contributed by atoms with Crippen molar-refractivity contribution < 1.29 is 0 Å². The fourth-order valence-electron chi connectivity index (χ4n) is 3.63. The van der Waals surface area contributed by atoms with Gasteiger partial charge in [0.2, 0.25) is 0 Å². The molecule has 1 rings (SSSR count). The van der Waals surface area contributed by atoms with E-state index in [4.69, 9.17) is 5.73 Å². The molecule has 2 N–H and O–H groups in total. The zero-order valence-electron chi connectivity index (χ0n) is 14.0. The van der Waals surface area contributed by atoms with Crippen LogP contribution >= 0.6 is 0 Å². The van der Waals surface area contributed by atoms with Crippen LogP contribution in [0.5, 0.6) is 0 Å². The van der Waals surface area contributed by atoms with Crippen molar-refractivity contribution in [3.8, 4) is 0 Å². The maximum atomic E-state index is 6.19. The van der Waals surface area contributed by atoms with Gasteiger partial charge in [-0.25, -0.2) is 0 Å². The van der Waals surface area contributed by atoms with Gasteiger partial charge in [0.05, 0.1) is 0 Å². The molecule has 0 aliphatic heterocycles. The summed E-state index contributed by atoms with van der Waals surface area (Å²) < 4.78 is 0. The molecule has 0 spiro atoms. The molecule has 2 nitrogen and oxygen atoms in total. The molecular formula is C17H36N2. The van der Waals surface area contributed by atoms with Crippen molar-refractivity contribution in [1.82, 2.24) is 4.90 Å². The van der Waals surface area contributed by atoms with Crippen LogP contribution < -0.4 is 5.73 Å². The summed E-state index contributed by atoms with van der Waals surface area (Å²) in [6.45, 7) is 11.5. The van der Waals surface area contributed by atoms with Gasteiger partial charge in [0.25, 0.3) is 0 Å². The first kappa shape index (κ1) is 17.0. The Kier molecular flexibility index (Phi) is 6.32. The van der Waals surface area contributed by atoms with Crippen molar-refractivity contribution in [3.63, 3.8) is 0 Å². The number of nitrogens with zero attached hydrogens (tertiary/aromatic N) is 1. The van der Waals surface area contributed by atoms with Crippen LogP contribution in [0.1, 0.15) is 72.6 Å². The van der Waals surface area contributed by atoms with Crippen molar-refractivity contribution >= 4 is 0 Å². The summed E-state index contributed by atoms with van der Waals surface area (Å²) in [5.41, 5.74) is 6.92. The third-order valence-corrected chi connectivity index (χ3v) is 5.41. The van der Waals surface area contributed by atoms with E-state index in [0.29, 0.717) is 5.41 Å². The Labute approximate surface area is 121 Å². The highest BCUT2D eigenvalue weighted by atomic mass is 15.2. The lowest BCUT2D eigenvalue weighted by Gasteiger charge is -2.41. The Morgan fingerprint density at radius 3 is 2.42 bits per heavy atom. The van der Waals surface area contributed by atoms with Gasteiger partial charge >= 0.3 is 0 Å². The highest BCUT2D eigenvalue weighted by Gasteiger charge is 2.37. The smallest absolute Gasteiger partial charge is 0.0328 e. The molecule has 1 aliphatic rings. The molecule has 0 aromatic rings. The number of likely N-dealkylation sites (N-methyl/N-ethyl adjacent to an activating group) is 1. The topological polar surface area (TPSA) is 29.3 Å². The maximum absolute atomic E-state index is 6.19. The van der Waals surface area contributed by atoms with E-state index < -0.39 is 0 Å². The van der Waals surface area contributed by atoms with Gasteiger partial charge < -0.3 is 5.73 Å². The van der Waals surface area contributed by atoms with Crippen LogP contribution in [0.15, 0.2) is 0 Å². The lowest BCUT2D eigenvalue weighted by molar-refractivity contribution is 0.101. The van der Waals surface area contributed by atoms with Crippen LogP contribution in [0.2, 0.25) is 0 Å². The summed E-state index contributed by atoms with van der Waals surface area (Å²) in [5.74, 6) is 0.862. The monoisotopic (exact) mass is 268 g/mol. The first-order valence-electron chi connectivity index (χ1n) is 8.27. The molecule has 2 atom stereocenters. The van der Waals surface area contributed by atoms with E-state index in [1.807, 2.05) is 0 Å². The molecule has 0 heterocycles. The largest absolute Gasteiger partial charge is 0.329 e. The van der Waals surface area contributed by atoms with E-state index >= 15 is 0 Å². The molecule has 0 aromatic heterocycles. The predicted molar refractivity (Wildman–Crippen MR) is 85.4 cm³/mol. The number of unbranched alkanes of at least 4 members (excludes halogenated alkanes) is 1. The SMILES string of the molecule is CCCCN(C)C1(CN)CCCC(C(C)(C)C)CC1. The van der Waals surface area contributed by atoms with Crippen molar-refractivity contribution in [3.05, 3.63) is 0 Å². The van der Waals surface area contributed by atoms with E-state index in [9.17, 15) is 0 Å². The van der Waals surface area contributed by atoms with E-state index in [2.05, 4.69) is 39.6 Å². The fourth-order valence-corrected chi connectivity index (χ4v) is 3.63. The molecule has 1 saturated carbocycles. The summed E-state index contributed by atoms with van der Waals surface area (Å²) in [4.78, 5) is 2.57. The average Bonchev–Trinajstić information content (AvgIpc) is 2.58.